The Morgan fingerprint density at radius 1 is 1.29 bits per heavy atom. The molecule has 1 aromatic carbocycles. The van der Waals surface area contributed by atoms with E-state index in [9.17, 15) is 18.7 Å². The van der Waals surface area contributed by atoms with Crippen molar-refractivity contribution in [3.05, 3.63) is 83.4 Å². The Labute approximate surface area is 135 Å². The molecule has 0 amide bonds. The van der Waals surface area contributed by atoms with Gasteiger partial charge in [0, 0.05) is 24.4 Å². The fourth-order valence-electron chi connectivity index (χ4n) is 2.18. The van der Waals surface area contributed by atoms with Crippen molar-refractivity contribution in [2.24, 2.45) is 0 Å². The average Bonchev–Trinajstić information content (AvgIpc) is 3.20. The number of aliphatic hydroxyl groups is 1. The monoisotopic (exact) mass is 333 g/mol. The molecule has 0 atom stereocenters. The van der Waals surface area contributed by atoms with Crippen LogP contribution in [0.25, 0.3) is 0 Å². The highest BCUT2D eigenvalue weighted by Gasteiger charge is 2.21. The van der Waals surface area contributed by atoms with E-state index in [0.717, 1.165) is 17.3 Å². The van der Waals surface area contributed by atoms with Crippen LogP contribution >= 0.6 is 0 Å². The van der Waals surface area contributed by atoms with Crippen molar-refractivity contribution in [1.29, 1.82) is 0 Å². The van der Waals surface area contributed by atoms with Gasteiger partial charge in [-0.25, -0.2) is 13.8 Å². The SMILES string of the molecule is O=C(C=C(O)N1C=CNN1)c1occ(F)c1Cc1ccc(F)cc1. The van der Waals surface area contributed by atoms with Gasteiger partial charge in [0.15, 0.2) is 11.6 Å². The quantitative estimate of drug-likeness (QED) is 0.443. The standard InChI is InChI=1S/C16H13F2N3O3/c17-11-3-1-10(2-4-11)7-12-13(18)9-24-16(12)14(22)8-15(23)21-6-5-19-20-21/h1-6,8-9,19-20,23H,7H2. The van der Waals surface area contributed by atoms with Gasteiger partial charge in [-0.05, 0) is 17.7 Å². The van der Waals surface area contributed by atoms with Crippen LogP contribution in [0.15, 0.2) is 59.3 Å². The number of furan rings is 1. The molecule has 124 valence electrons. The number of hydrogen-bond acceptors (Lipinski definition) is 6. The Morgan fingerprint density at radius 3 is 2.71 bits per heavy atom. The summed E-state index contributed by atoms with van der Waals surface area (Å²) in [5, 5.41) is 11.0. The van der Waals surface area contributed by atoms with Gasteiger partial charge < -0.3 is 14.9 Å². The van der Waals surface area contributed by atoms with E-state index in [1.54, 1.807) is 0 Å². The molecule has 0 bridgehead atoms. The first-order valence-corrected chi connectivity index (χ1v) is 6.97. The van der Waals surface area contributed by atoms with Crippen molar-refractivity contribution in [3.8, 4) is 0 Å². The fraction of sp³-hybridized carbons (Fsp3) is 0.0625. The third-order valence-corrected chi connectivity index (χ3v) is 3.36. The van der Waals surface area contributed by atoms with Crippen molar-refractivity contribution >= 4 is 5.78 Å². The van der Waals surface area contributed by atoms with Crippen molar-refractivity contribution in [2.45, 2.75) is 6.42 Å². The molecule has 2 aromatic rings. The minimum atomic E-state index is -0.699. The fourth-order valence-corrected chi connectivity index (χ4v) is 2.18. The largest absolute Gasteiger partial charge is 0.493 e. The number of nitrogens with zero attached hydrogens (tertiary/aromatic N) is 1. The maximum absolute atomic E-state index is 13.9. The van der Waals surface area contributed by atoms with Gasteiger partial charge in [0.1, 0.15) is 12.1 Å². The van der Waals surface area contributed by atoms with Gasteiger partial charge in [-0.15, -0.1) is 5.53 Å². The number of carbonyl (C=O) groups is 1. The molecule has 24 heavy (non-hydrogen) atoms. The summed E-state index contributed by atoms with van der Waals surface area (Å²) in [6.45, 7) is 0. The van der Waals surface area contributed by atoms with Crippen LogP contribution in [-0.4, -0.2) is 15.9 Å². The Hall–Kier alpha value is -3.13. The Morgan fingerprint density at radius 2 is 2.04 bits per heavy atom. The molecule has 0 aliphatic carbocycles. The van der Waals surface area contributed by atoms with E-state index in [2.05, 4.69) is 11.0 Å². The second kappa shape index (κ2) is 6.55. The zero-order valence-electron chi connectivity index (χ0n) is 12.3. The molecule has 0 spiro atoms. The van der Waals surface area contributed by atoms with Crippen LogP contribution in [0, 0.1) is 11.6 Å². The third kappa shape index (κ3) is 3.28. The molecule has 3 N–H and O–H groups in total. The number of carbonyl (C=O) groups excluding carboxylic acids is 1. The highest BCUT2D eigenvalue weighted by atomic mass is 19.1. The van der Waals surface area contributed by atoms with Gasteiger partial charge in [0.2, 0.25) is 11.7 Å². The molecule has 1 aliphatic heterocycles. The Bertz CT molecular complexity index is 812. The number of ketones is 1. The predicted octanol–water partition coefficient (Wildman–Crippen LogP) is 2.53. The second-order valence-corrected chi connectivity index (χ2v) is 5.00. The number of halogens is 2. The molecule has 0 unspecified atom stereocenters. The lowest BCUT2D eigenvalue weighted by Gasteiger charge is -2.13. The molecule has 8 heteroatoms. The van der Waals surface area contributed by atoms with Crippen molar-refractivity contribution in [3.63, 3.8) is 0 Å². The molecule has 1 aliphatic rings. The minimum Gasteiger partial charge on any atom is -0.493 e. The summed E-state index contributed by atoms with van der Waals surface area (Å²) in [6, 6.07) is 5.49. The van der Waals surface area contributed by atoms with Crippen LogP contribution in [0.3, 0.4) is 0 Å². The van der Waals surface area contributed by atoms with Crippen LogP contribution in [-0.2, 0) is 6.42 Å². The van der Waals surface area contributed by atoms with Gasteiger partial charge in [0.05, 0.1) is 6.08 Å². The molecule has 6 nitrogen and oxygen atoms in total. The van der Waals surface area contributed by atoms with Crippen molar-refractivity contribution < 1.29 is 23.1 Å². The summed E-state index contributed by atoms with van der Waals surface area (Å²) >= 11 is 0. The smallest absolute Gasteiger partial charge is 0.226 e. The summed E-state index contributed by atoms with van der Waals surface area (Å²) in [4.78, 5) is 12.2. The molecule has 0 fully saturated rings. The zero-order valence-corrected chi connectivity index (χ0v) is 12.3. The third-order valence-electron chi connectivity index (χ3n) is 3.36. The predicted molar refractivity (Wildman–Crippen MR) is 80.2 cm³/mol. The van der Waals surface area contributed by atoms with E-state index in [4.69, 9.17) is 4.42 Å². The normalized spacial score (nSPS) is 14.1. The first-order valence-electron chi connectivity index (χ1n) is 6.97. The number of benzene rings is 1. The molecular formula is C16H13F2N3O3. The molecule has 1 aromatic heterocycles. The number of rotatable bonds is 5. The van der Waals surface area contributed by atoms with Gasteiger partial charge in [0.25, 0.3) is 0 Å². The van der Waals surface area contributed by atoms with Gasteiger partial charge in [-0.3, -0.25) is 4.79 Å². The van der Waals surface area contributed by atoms with Crippen LogP contribution < -0.4 is 11.0 Å². The average molecular weight is 333 g/mol. The number of aliphatic hydroxyl groups excluding tert-OH is 1. The first-order chi connectivity index (χ1) is 11.5. The summed E-state index contributed by atoms with van der Waals surface area (Å²) in [6.07, 6.45) is 4.73. The van der Waals surface area contributed by atoms with E-state index < -0.39 is 23.3 Å². The number of hydrogen-bond donors (Lipinski definition) is 3. The number of nitrogens with one attached hydrogen (secondary N) is 2. The van der Waals surface area contributed by atoms with E-state index in [1.165, 1.54) is 36.7 Å². The lowest BCUT2D eigenvalue weighted by molar-refractivity contribution is 0.100. The summed E-state index contributed by atoms with van der Waals surface area (Å²) in [5.74, 6) is -2.41. The second-order valence-electron chi connectivity index (χ2n) is 5.00. The topological polar surface area (TPSA) is 77.7 Å². The van der Waals surface area contributed by atoms with Crippen LogP contribution in [0.4, 0.5) is 8.78 Å². The Kier molecular flexibility index (Phi) is 4.30. The highest BCUT2D eigenvalue weighted by molar-refractivity contribution is 6.03. The summed E-state index contributed by atoms with van der Waals surface area (Å²) < 4.78 is 31.9. The van der Waals surface area contributed by atoms with E-state index in [0.29, 0.717) is 5.56 Å². The van der Waals surface area contributed by atoms with Crippen LogP contribution in [0.1, 0.15) is 21.7 Å². The summed E-state index contributed by atoms with van der Waals surface area (Å²) in [5.41, 5.74) is 5.79. The molecule has 0 radical (unpaired) electrons. The molecule has 0 saturated heterocycles. The lowest BCUT2D eigenvalue weighted by atomic mass is 10.0. The van der Waals surface area contributed by atoms with Gasteiger partial charge >= 0.3 is 0 Å². The van der Waals surface area contributed by atoms with E-state index in [1.807, 2.05) is 0 Å². The molecular weight excluding hydrogens is 320 g/mol. The first kappa shape index (κ1) is 15.8. The highest BCUT2D eigenvalue weighted by Crippen LogP contribution is 2.21. The number of allylic oxidation sites excluding steroid dienone is 1. The Balaban J connectivity index is 1.83. The van der Waals surface area contributed by atoms with Crippen LogP contribution in [0.5, 0.6) is 0 Å². The maximum atomic E-state index is 13.9. The van der Waals surface area contributed by atoms with Crippen LogP contribution in [0.2, 0.25) is 0 Å². The molecule has 0 saturated carbocycles. The summed E-state index contributed by atoms with van der Waals surface area (Å²) in [7, 11) is 0. The lowest BCUT2D eigenvalue weighted by Crippen LogP contribution is -2.35. The van der Waals surface area contributed by atoms with Gasteiger partial charge in [-0.1, -0.05) is 12.1 Å². The van der Waals surface area contributed by atoms with E-state index >= 15 is 0 Å². The molecule has 3 rings (SSSR count). The van der Waals surface area contributed by atoms with Crippen molar-refractivity contribution in [1.82, 2.24) is 16.0 Å². The van der Waals surface area contributed by atoms with Gasteiger partial charge in [-0.2, -0.15) is 0 Å². The van der Waals surface area contributed by atoms with Crippen molar-refractivity contribution in [2.75, 3.05) is 0 Å². The van der Waals surface area contributed by atoms with E-state index in [-0.39, 0.29) is 17.7 Å². The molecule has 2 heterocycles. The minimum absolute atomic E-state index is 0.0405. The zero-order chi connectivity index (χ0) is 17.1. The number of hydrazine groups is 2. The maximum Gasteiger partial charge on any atom is 0.226 e.